The smallest absolute Gasteiger partial charge is 0.377 e. The Morgan fingerprint density at radius 2 is 1.41 bits per heavy atom. The number of hydrogen-bond donors (Lipinski definition) is 0. The van der Waals surface area contributed by atoms with E-state index in [4.69, 9.17) is 4.74 Å². The number of rotatable bonds is 5. The Morgan fingerprint density at radius 1 is 0.852 bits per heavy atom. The van der Waals surface area contributed by atoms with Crippen LogP contribution in [0.3, 0.4) is 0 Å². The van der Waals surface area contributed by atoms with Gasteiger partial charge in [0.2, 0.25) is 0 Å². The molecule has 0 heterocycles. The van der Waals surface area contributed by atoms with Crippen molar-refractivity contribution >= 4 is 0 Å². The third-order valence-corrected chi connectivity index (χ3v) is 7.35. The fourth-order valence-electron chi connectivity index (χ4n) is 5.09. The standard InChI is InChI=1S/C19H27F7O/c1-15-8-10-16(11-9-15,19(25,26)18(15,23)24)12-27-14-4-2-13(3-5-14)6-7-17(20,21)22/h13-14H,2-12H2,1H3. The first-order valence-electron chi connectivity index (χ1n) is 9.76. The van der Waals surface area contributed by atoms with Crippen molar-refractivity contribution in [1.29, 1.82) is 0 Å². The maximum Gasteiger partial charge on any atom is 0.389 e. The van der Waals surface area contributed by atoms with Gasteiger partial charge in [-0.05, 0) is 63.7 Å². The zero-order valence-electron chi connectivity index (χ0n) is 15.5. The van der Waals surface area contributed by atoms with Gasteiger partial charge in [-0.25, -0.2) is 0 Å². The van der Waals surface area contributed by atoms with Crippen LogP contribution >= 0.6 is 0 Å². The van der Waals surface area contributed by atoms with E-state index in [0.29, 0.717) is 25.7 Å². The summed E-state index contributed by atoms with van der Waals surface area (Å²) in [4.78, 5) is 0. The summed E-state index contributed by atoms with van der Waals surface area (Å²) < 4.78 is 101. The number of halogens is 7. The molecule has 1 nitrogen and oxygen atoms in total. The van der Waals surface area contributed by atoms with E-state index < -0.39 is 41.9 Å². The van der Waals surface area contributed by atoms with Gasteiger partial charge in [-0.1, -0.05) is 6.92 Å². The monoisotopic (exact) mass is 404 g/mol. The summed E-state index contributed by atoms with van der Waals surface area (Å²) in [6, 6.07) is 0. The van der Waals surface area contributed by atoms with Gasteiger partial charge in [-0.2, -0.15) is 30.7 Å². The molecule has 8 heteroatoms. The average Bonchev–Trinajstić information content (AvgIpc) is 2.58. The molecule has 0 unspecified atom stereocenters. The Bertz CT molecular complexity index is 527. The molecule has 0 aliphatic heterocycles. The van der Waals surface area contributed by atoms with Crippen molar-refractivity contribution in [2.24, 2.45) is 16.7 Å². The van der Waals surface area contributed by atoms with Crippen molar-refractivity contribution in [2.75, 3.05) is 6.61 Å². The van der Waals surface area contributed by atoms with Crippen LogP contribution in [0.2, 0.25) is 0 Å². The van der Waals surface area contributed by atoms with Crippen molar-refractivity contribution in [3.8, 4) is 0 Å². The number of hydrogen-bond acceptors (Lipinski definition) is 1. The van der Waals surface area contributed by atoms with Gasteiger partial charge in [0.25, 0.3) is 0 Å². The highest BCUT2D eigenvalue weighted by Crippen LogP contribution is 2.70. The van der Waals surface area contributed by atoms with Crippen LogP contribution in [0.1, 0.15) is 71.1 Å². The first kappa shape index (κ1) is 21.2. The van der Waals surface area contributed by atoms with Crippen LogP contribution in [-0.4, -0.2) is 30.7 Å². The molecule has 0 N–H and O–H groups in total. The Hall–Kier alpha value is -0.530. The maximum absolute atomic E-state index is 14.7. The lowest BCUT2D eigenvalue weighted by Crippen LogP contribution is -2.69. The second-order valence-electron chi connectivity index (χ2n) is 9.10. The largest absolute Gasteiger partial charge is 0.389 e. The predicted octanol–water partition coefficient (Wildman–Crippen LogP) is 6.76. The molecule has 4 saturated carbocycles. The molecule has 4 fully saturated rings. The second-order valence-corrected chi connectivity index (χ2v) is 9.10. The Kier molecular flexibility index (Phi) is 5.31. The zero-order valence-corrected chi connectivity index (χ0v) is 15.5. The van der Waals surface area contributed by atoms with E-state index in [-0.39, 0.29) is 44.1 Å². The van der Waals surface area contributed by atoms with Crippen molar-refractivity contribution in [3.05, 3.63) is 0 Å². The first-order valence-corrected chi connectivity index (χ1v) is 9.76. The summed E-state index contributed by atoms with van der Waals surface area (Å²) in [5.41, 5.74) is -3.49. The number of alkyl halides is 7. The van der Waals surface area contributed by atoms with Crippen molar-refractivity contribution in [1.82, 2.24) is 0 Å². The molecule has 158 valence electrons. The summed E-state index contributed by atoms with van der Waals surface area (Å²) in [5, 5.41) is 0. The van der Waals surface area contributed by atoms with Crippen LogP contribution in [0.15, 0.2) is 0 Å². The normalized spacial score (nSPS) is 40.9. The highest BCUT2D eigenvalue weighted by molar-refractivity contribution is 5.16. The fourth-order valence-corrected chi connectivity index (χ4v) is 5.09. The second kappa shape index (κ2) is 6.77. The lowest BCUT2D eigenvalue weighted by molar-refractivity contribution is -0.371. The van der Waals surface area contributed by atoms with E-state index in [1.54, 1.807) is 0 Å². The van der Waals surface area contributed by atoms with Gasteiger partial charge in [0.15, 0.2) is 0 Å². The molecule has 0 aromatic rings. The molecular weight excluding hydrogens is 377 g/mol. The molecule has 0 atom stereocenters. The molecule has 27 heavy (non-hydrogen) atoms. The fraction of sp³-hybridized carbons (Fsp3) is 1.00. The molecule has 4 rings (SSSR count). The minimum absolute atomic E-state index is 0.0209. The van der Waals surface area contributed by atoms with Gasteiger partial charge in [0, 0.05) is 11.8 Å². The third kappa shape index (κ3) is 3.60. The van der Waals surface area contributed by atoms with E-state index in [2.05, 4.69) is 0 Å². The average molecular weight is 404 g/mol. The molecule has 4 aliphatic carbocycles. The van der Waals surface area contributed by atoms with Gasteiger partial charge in [-0.3, -0.25) is 0 Å². The van der Waals surface area contributed by atoms with Crippen molar-refractivity contribution < 1.29 is 35.5 Å². The van der Waals surface area contributed by atoms with Crippen molar-refractivity contribution in [2.45, 2.75) is 95.3 Å². The minimum Gasteiger partial charge on any atom is -0.377 e. The van der Waals surface area contributed by atoms with E-state index in [9.17, 15) is 30.7 Å². The van der Waals surface area contributed by atoms with Gasteiger partial charge < -0.3 is 4.74 Å². The zero-order chi connectivity index (χ0) is 20.1. The number of fused-ring (bicyclic) bond motifs is 3. The van der Waals surface area contributed by atoms with Crippen LogP contribution in [0.5, 0.6) is 0 Å². The molecule has 0 aromatic heterocycles. The molecule has 0 radical (unpaired) electrons. The highest BCUT2D eigenvalue weighted by atomic mass is 19.4. The molecular formula is C19H27F7O. The van der Waals surface area contributed by atoms with Crippen LogP contribution in [0.4, 0.5) is 30.7 Å². The quantitative estimate of drug-likeness (QED) is 0.460. The van der Waals surface area contributed by atoms with Crippen LogP contribution in [0, 0.1) is 16.7 Å². The Balaban J connectivity index is 1.54. The Morgan fingerprint density at radius 3 is 1.93 bits per heavy atom. The lowest BCUT2D eigenvalue weighted by Gasteiger charge is -2.60. The van der Waals surface area contributed by atoms with Gasteiger partial charge in [-0.15, -0.1) is 0 Å². The molecule has 0 aromatic carbocycles. The molecule has 0 amide bonds. The van der Waals surface area contributed by atoms with Gasteiger partial charge >= 0.3 is 18.0 Å². The third-order valence-electron chi connectivity index (χ3n) is 7.35. The van der Waals surface area contributed by atoms with Crippen LogP contribution in [0.25, 0.3) is 0 Å². The van der Waals surface area contributed by atoms with Gasteiger partial charge in [0.1, 0.15) is 0 Å². The maximum atomic E-state index is 14.7. The molecule has 0 spiro atoms. The summed E-state index contributed by atoms with van der Waals surface area (Å²) in [5.74, 6) is -8.19. The van der Waals surface area contributed by atoms with E-state index in [0.717, 1.165) is 0 Å². The Labute approximate surface area is 155 Å². The topological polar surface area (TPSA) is 9.23 Å². The van der Waals surface area contributed by atoms with E-state index >= 15 is 0 Å². The SMILES string of the molecule is CC12CCC(COC3CCC(CCC(F)(F)F)CC3)(CC1)C(F)(F)C2(F)F. The van der Waals surface area contributed by atoms with Crippen LogP contribution in [-0.2, 0) is 4.74 Å². The predicted molar refractivity (Wildman–Crippen MR) is 85.9 cm³/mol. The minimum atomic E-state index is -4.17. The van der Waals surface area contributed by atoms with E-state index in [1.165, 1.54) is 6.92 Å². The molecule has 4 aliphatic rings. The number of ether oxygens (including phenoxy) is 1. The van der Waals surface area contributed by atoms with Gasteiger partial charge in [0.05, 0.1) is 18.1 Å². The summed E-state index contributed by atoms with van der Waals surface area (Å²) in [7, 11) is 0. The summed E-state index contributed by atoms with van der Waals surface area (Å²) >= 11 is 0. The van der Waals surface area contributed by atoms with Crippen molar-refractivity contribution in [3.63, 3.8) is 0 Å². The highest BCUT2D eigenvalue weighted by Gasteiger charge is 2.80. The molecule has 2 bridgehead atoms. The first-order chi connectivity index (χ1) is 12.3. The summed E-state index contributed by atoms with van der Waals surface area (Å²) in [6.45, 7) is 0.844. The van der Waals surface area contributed by atoms with E-state index in [1.807, 2.05) is 0 Å². The molecule has 0 saturated heterocycles. The van der Waals surface area contributed by atoms with Crippen LogP contribution < -0.4 is 0 Å². The lowest BCUT2D eigenvalue weighted by atomic mass is 9.50. The summed E-state index contributed by atoms with van der Waals surface area (Å²) in [6.07, 6.45) is -2.98.